The van der Waals surface area contributed by atoms with Crippen LogP contribution in [0.15, 0.2) is 30.7 Å². The second-order valence-corrected chi connectivity index (χ2v) is 4.40. The molecule has 2 rings (SSSR count). The van der Waals surface area contributed by atoms with Crippen LogP contribution in [0.1, 0.15) is 13.0 Å². The van der Waals surface area contributed by atoms with Gasteiger partial charge in [0.1, 0.15) is 24.3 Å². The second kappa shape index (κ2) is 5.66. The van der Waals surface area contributed by atoms with Gasteiger partial charge in [-0.1, -0.05) is 11.6 Å². The van der Waals surface area contributed by atoms with Crippen LogP contribution in [0.25, 0.3) is 0 Å². The first-order valence-corrected chi connectivity index (χ1v) is 5.96. The highest BCUT2D eigenvalue weighted by Crippen LogP contribution is 2.15. The first-order valence-electron chi connectivity index (χ1n) is 5.58. The molecule has 0 aromatic carbocycles. The zero-order valence-electron chi connectivity index (χ0n) is 10.4. The van der Waals surface area contributed by atoms with Gasteiger partial charge in [-0.25, -0.2) is 4.98 Å². The summed E-state index contributed by atoms with van der Waals surface area (Å²) >= 11 is 5.69. The molecule has 0 spiro atoms. The van der Waals surface area contributed by atoms with Gasteiger partial charge in [0.25, 0.3) is 0 Å². The van der Waals surface area contributed by atoms with E-state index in [0.717, 1.165) is 6.20 Å². The lowest BCUT2D eigenvalue weighted by Gasteiger charge is -2.11. The Bertz CT molecular complexity index is 640. The predicted octanol–water partition coefficient (Wildman–Crippen LogP) is 2.04. The van der Waals surface area contributed by atoms with E-state index >= 15 is 0 Å². The maximum atomic E-state index is 12.0. The van der Waals surface area contributed by atoms with E-state index in [-0.39, 0.29) is 5.69 Å². The third kappa shape index (κ3) is 3.09. The number of carbonyl (C=O) groups is 1. The highest BCUT2D eigenvalue weighted by atomic mass is 35.5. The van der Waals surface area contributed by atoms with E-state index in [1.807, 2.05) is 0 Å². The molecular formula is C11H10ClN5O3. The fraction of sp³-hybridized carbons (Fsp3) is 0.182. The number of anilines is 1. The third-order valence-corrected chi connectivity index (χ3v) is 2.78. The molecule has 0 aliphatic carbocycles. The summed E-state index contributed by atoms with van der Waals surface area (Å²) in [6.07, 6.45) is 3.68. The highest BCUT2D eigenvalue weighted by molar-refractivity contribution is 6.30. The minimum Gasteiger partial charge on any atom is -0.309 e. The maximum Gasteiger partial charge on any atom is 0.307 e. The molecule has 20 heavy (non-hydrogen) atoms. The molecule has 1 N–H and O–H groups in total. The second-order valence-electron chi connectivity index (χ2n) is 3.96. The first kappa shape index (κ1) is 13.9. The Morgan fingerprint density at radius 2 is 2.25 bits per heavy atom. The molecule has 0 saturated heterocycles. The molecular weight excluding hydrogens is 286 g/mol. The van der Waals surface area contributed by atoms with E-state index in [2.05, 4.69) is 15.4 Å². The molecule has 0 saturated carbocycles. The minimum atomic E-state index is -0.707. The fourth-order valence-corrected chi connectivity index (χ4v) is 1.55. The van der Waals surface area contributed by atoms with Crippen molar-refractivity contribution < 1.29 is 9.72 Å². The SMILES string of the molecule is C[C@H](C(=O)Nc1ccc(Cl)cn1)n1cc([N+](=O)[O-])cn1. The third-order valence-electron chi connectivity index (χ3n) is 2.55. The van der Waals surface area contributed by atoms with E-state index in [0.29, 0.717) is 10.8 Å². The van der Waals surface area contributed by atoms with Gasteiger partial charge in [0, 0.05) is 6.20 Å². The average molecular weight is 296 g/mol. The molecule has 1 amide bonds. The number of rotatable bonds is 4. The van der Waals surface area contributed by atoms with Gasteiger partial charge in [-0.3, -0.25) is 19.6 Å². The number of nitrogens with one attached hydrogen (secondary N) is 1. The van der Waals surface area contributed by atoms with Crippen LogP contribution in [0.5, 0.6) is 0 Å². The summed E-state index contributed by atoms with van der Waals surface area (Å²) in [5, 5.41) is 17.4. The van der Waals surface area contributed by atoms with Crippen molar-refractivity contribution in [1.29, 1.82) is 0 Å². The van der Waals surface area contributed by atoms with Crippen LogP contribution in [0.2, 0.25) is 5.02 Å². The summed E-state index contributed by atoms with van der Waals surface area (Å²) in [4.78, 5) is 25.9. The van der Waals surface area contributed by atoms with Crippen LogP contribution in [0.3, 0.4) is 0 Å². The Balaban J connectivity index is 2.07. The number of aromatic nitrogens is 3. The van der Waals surface area contributed by atoms with Crippen LogP contribution >= 0.6 is 11.6 Å². The molecule has 2 aromatic heterocycles. The van der Waals surface area contributed by atoms with E-state index in [9.17, 15) is 14.9 Å². The van der Waals surface area contributed by atoms with Gasteiger partial charge >= 0.3 is 5.69 Å². The van der Waals surface area contributed by atoms with E-state index in [4.69, 9.17) is 11.6 Å². The fourth-order valence-electron chi connectivity index (χ4n) is 1.43. The van der Waals surface area contributed by atoms with Crippen molar-refractivity contribution in [3.63, 3.8) is 0 Å². The Morgan fingerprint density at radius 1 is 1.50 bits per heavy atom. The zero-order valence-corrected chi connectivity index (χ0v) is 11.1. The average Bonchev–Trinajstić information content (AvgIpc) is 2.90. The summed E-state index contributed by atoms with van der Waals surface area (Å²) in [5.41, 5.74) is -0.172. The monoisotopic (exact) mass is 295 g/mol. The molecule has 0 fully saturated rings. The number of nitro groups is 1. The van der Waals surface area contributed by atoms with Gasteiger partial charge in [-0.05, 0) is 19.1 Å². The molecule has 2 heterocycles. The Hall–Kier alpha value is -2.48. The quantitative estimate of drug-likeness (QED) is 0.686. The van der Waals surface area contributed by atoms with Crippen molar-refractivity contribution in [1.82, 2.24) is 14.8 Å². The lowest BCUT2D eigenvalue weighted by Crippen LogP contribution is -2.24. The van der Waals surface area contributed by atoms with Crippen LogP contribution in [0, 0.1) is 10.1 Å². The summed E-state index contributed by atoms with van der Waals surface area (Å²) < 4.78 is 1.21. The van der Waals surface area contributed by atoms with Gasteiger partial charge in [0.05, 0.1) is 9.95 Å². The highest BCUT2D eigenvalue weighted by Gasteiger charge is 2.19. The standard InChI is InChI=1S/C11H10ClN5O3/c1-7(16-6-9(5-14-16)17(19)20)11(18)15-10-3-2-8(12)4-13-10/h2-7H,1H3,(H,13,15,18)/t7-/m1/s1. The predicted molar refractivity (Wildman–Crippen MR) is 71.5 cm³/mol. The molecule has 1 atom stereocenters. The largest absolute Gasteiger partial charge is 0.309 e. The van der Waals surface area contributed by atoms with Gasteiger partial charge in [-0.2, -0.15) is 5.10 Å². The zero-order chi connectivity index (χ0) is 14.7. The number of carbonyl (C=O) groups excluding carboxylic acids is 1. The molecule has 0 aliphatic heterocycles. The van der Waals surface area contributed by atoms with Crippen molar-refractivity contribution in [3.05, 3.63) is 45.9 Å². The van der Waals surface area contributed by atoms with E-state index in [1.54, 1.807) is 19.1 Å². The van der Waals surface area contributed by atoms with Crippen molar-refractivity contribution >= 4 is 29.0 Å². The van der Waals surface area contributed by atoms with Crippen LogP contribution in [-0.4, -0.2) is 25.6 Å². The molecule has 2 aromatic rings. The molecule has 104 valence electrons. The van der Waals surface area contributed by atoms with Crippen molar-refractivity contribution in [3.8, 4) is 0 Å². The van der Waals surface area contributed by atoms with E-state index in [1.165, 1.54) is 17.1 Å². The topological polar surface area (TPSA) is 103 Å². The van der Waals surface area contributed by atoms with Crippen molar-refractivity contribution in [2.24, 2.45) is 0 Å². The van der Waals surface area contributed by atoms with Crippen LogP contribution < -0.4 is 5.32 Å². The first-order chi connectivity index (χ1) is 9.47. The molecule has 0 aliphatic rings. The normalized spacial score (nSPS) is 11.9. The van der Waals surface area contributed by atoms with Crippen molar-refractivity contribution in [2.75, 3.05) is 5.32 Å². The maximum absolute atomic E-state index is 12.0. The number of hydrogen-bond acceptors (Lipinski definition) is 5. The van der Waals surface area contributed by atoms with Crippen LogP contribution in [-0.2, 0) is 4.79 Å². The van der Waals surface area contributed by atoms with Gasteiger partial charge in [-0.15, -0.1) is 0 Å². The van der Waals surface area contributed by atoms with E-state index < -0.39 is 16.9 Å². The smallest absolute Gasteiger partial charge is 0.307 e. The van der Waals surface area contributed by atoms with Gasteiger partial charge < -0.3 is 5.32 Å². The number of hydrogen-bond donors (Lipinski definition) is 1. The summed E-state index contributed by atoms with van der Waals surface area (Å²) in [7, 11) is 0. The lowest BCUT2D eigenvalue weighted by atomic mass is 10.3. The number of pyridine rings is 1. The van der Waals surface area contributed by atoms with Gasteiger partial charge in [0.2, 0.25) is 5.91 Å². The number of amides is 1. The summed E-state index contributed by atoms with van der Waals surface area (Å²) in [6.45, 7) is 1.57. The summed E-state index contributed by atoms with van der Waals surface area (Å²) in [5.74, 6) is -0.0503. The molecule has 8 nitrogen and oxygen atoms in total. The molecule has 0 radical (unpaired) electrons. The Labute approximate surface area is 118 Å². The Kier molecular flexibility index (Phi) is 3.94. The summed E-state index contributed by atoms with van der Waals surface area (Å²) in [6, 6.07) is 2.44. The Morgan fingerprint density at radius 3 is 2.80 bits per heavy atom. The molecule has 0 unspecified atom stereocenters. The van der Waals surface area contributed by atoms with Crippen molar-refractivity contribution in [2.45, 2.75) is 13.0 Å². The number of nitrogens with zero attached hydrogens (tertiary/aromatic N) is 4. The van der Waals surface area contributed by atoms with Crippen LogP contribution in [0.4, 0.5) is 11.5 Å². The number of halogens is 1. The molecule has 0 bridgehead atoms. The van der Waals surface area contributed by atoms with Gasteiger partial charge in [0.15, 0.2) is 0 Å². The minimum absolute atomic E-state index is 0.172. The lowest BCUT2D eigenvalue weighted by molar-refractivity contribution is -0.385. The molecule has 9 heteroatoms.